The zero-order valence-corrected chi connectivity index (χ0v) is 10.2. The molecule has 0 fully saturated rings. The van der Waals surface area contributed by atoms with E-state index in [1.54, 1.807) is 0 Å². The van der Waals surface area contributed by atoms with Crippen LogP contribution in [-0.4, -0.2) is 7.05 Å². The van der Waals surface area contributed by atoms with Crippen LogP contribution in [0.5, 0.6) is 0 Å². The van der Waals surface area contributed by atoms with E-state index in [2.05, 4.69) is 31.5 Å². The lowest BCUT2D eigenvalue weighted by Gasteiger charge is -2.18. The van der Waals surface area contributed by atoms with Crippen molar-refractivity contribution in [1.29, 1.82) is 0 Å². The van der Waals surface area contributed by atoms with Crippen LogP contribution in [0.2, 0.25) is 5.02 Å². The normalized spacial score (nSPS) is 9.60. The van der Waals surface area contributed by atoms with Gasteiger partial charge in [-0.05, 0) is 37.6 Å². The molecular weight excluding hydrogens is 206 g/mol. The molecule has 0 aliphatic heterocycles. The third-order valence-electron chi connectivity index (χ3n) is 2.04. The quantitative estimate of drug-likeness (QED) is 0.734. The summed E-state index contributed by atoms with van der Waals surface area (Å²) < 4.78 is 0. The molecule has 1 nitrogen and oxygen atoms in total. The Labute approximate surface area is 96.7 Å². The molecule has 2 heteroatoms. The molecule has 0 amide bonds. The predicted molar refractivity (Wildman–Crippen MR) is 69.4 cm³/mol. The van der Waals surface area contributed by atoms with Crippen molar-refractivity contribution in [2.45, 2.75) is 13.8 Å². The SMILES string of the molecule is C=Cc1cc(Cl)ccc1N(C)C=C(C)C. The number of rotatable bonds is 3. The maximum Gasteiger partial charge on any atom is 0.0477 e. The average molecular weight is 222 g/mol. The van der Waals surface area contributed by atoms with Crippen LogP contribution in [0.1, 0.15) is 19.4 Å². The first-order valence-electron chi connectivity index (χ1n) is 4.84. The summed E-state index contributed by atoms with van der Waals surface area (Å²) in [4.78, 5) is 2.07. The first kappa shape index (κ1) is 11.9. The molecule has 0 N–H and O–H groups in total. The van der Waals surface area contributed by atoms with Crippen LogP contribution in [0.3, 0.4) is 0 Å². The summed E-state index contributed by atoms with van der Waals surface area (Å²) >= 11 is 5.92. The number of allylic oxidation sites excluding steroid dienone is 1. The standard InChI is InChI=1S/C13H16ClN/c1-5-11-8-12(14)6-7-13(11)15(4)9-10(2)3/h5-9H,1H2,2-4H3. The monoisotopic (exact) mass is 221 g/mol. The molecule has 0 bridgehead atoms. The topological polar surface area (TPSA) is 3.24 Å². The van der Waals surface area contributed by atoms with Crippen molar-refractivity contribution >= 4 is 23.4 Å². The molecule has 1 aromatic carbocycles. The molecule has 0 saturated carbocycles. The fraction of sp³-hybridized carbons (Fsp3) is 0.231. The molecular formula is C13H16ClN. The van der Waals surface area contributed by atoms with Crippen molar-refractivity contribution in [3.8, 4) is 0 Å². The largest absolute Gasteiger partial charge is 0.351 e. The molecule has 0 aliphatic rings. The van der Waals surface area contributed by atoms with Crippen molar-refractivity contribution in [1.82, 2.24) is 0 Å². The molecule has 0 radical (unpaired) electrons. The second kappa shape index (κ2) is 5.04. The van der Waals surface area contributed by atoms with Gasteiger partial charge in [0.25, 0.3) is 0 Å². The molecule has 0 spiro atoms. The molecule has 1 aromatic rings. The molecule has 0 atom stereocenters. The summed E-state index contributed by atoms with van der Waals surface area (Å²) in [6, 6.07) is 5.80. The Bertz CT molecular complexity index is 390. The molecule has 1 rings (SSSR count). The van der Waals surface area contributed by atoms with E-state index in [1.807, 2.05) is 31.3 Å². The third-order valence-corrected chi connectivity index (χ3v) is 2.28. The minimum absolute atomic E-state index is 0.735. The highest BCUT2D eigenvalue weighted by molar-refractivity contribution is 6.30. The Hall–Kier alpha value is -1.21. The van der Waals surface area contributed by atoms with Crippen LogP contribution in [0.4, 0.5) is 5.69 Å². The van der Waals surface area contributed by atoms with Gasteiger partial charge in [0.2, 0.25) is 0 Å². The lowest BCUT2D eigenvalue weighted by Crippen LogP contribution is -2.09. The molecule has 80 valence electrons. The predicted octanol–water partition coefficient (Wildman–Crippen LogP) is 4.34. The Morgan fingerprint density at radius 2 is 2.07 bits per heavy atom. The molecule has 15 heavy (non-hydrogen) atoms. The summed E-state index contributed by atoms with van der Waals surface area (Å²) in [5, 5.41) is 0.735. The third kappa shape index (κ3) is 3.14. The van der Waals surface area contributed by atoms with Crippen molar-refractivity contribution < 1.29 is 0 Å². The van der Waals surface area contributed by atoms with Crippen molar-refractivity contribution in [3.05, 3.63) is 47.1 Å². The molecule has 0 heterocycles. The number of benzene rings is 1. The van der Waals surface area contributed by atoms with Crippen molar-refractivity contribution in [3.63, 3.8) is 0 Å². The van der Waals surface area contributed by atoms with E-state index < -0.39 is 0 Å². The van der Waals surface area contributed by atoms with Crippen LogP contribution in [-0.2, 0) is 0 Å². The lowest BCUT2D eigenvalue weighted by atomic mass is 10.1. The van der Waals surface area contributed by atoms with Gasteiger partial charge in [0.05, 0.1) is 0 Å². The Morgan fingerprint density at radius 1 is 1.40 bits per heavy atom. The van der Waals surface area contributed by atoms with E-state index in [1.165, 1.54) is 5.57 Å². The molecule has 0 unspecified atom stereocenters. The van der Waals surface area contributed by atoms with Gasteiger partial charge in [-0.1, -0.05) is 29.8 Å². The van der Waals surface area contributed by atoms with Gasteiger partial charge in [0.1, 0.15) is 0 Å². The number of halogens is 1. The van der Waals surface area contributed by atoms with Gasteiger partial charge in [-0.3, -0.25) is 0 Å². The number of nitrogens with zero attached hydrogens (tertiary/aromatic N) is 1. The summed E-state index contributed by atoms with van der Waals surface area (Å²) in [6.07, 6.45) is 3.90. The highest BCUT2D eigenvalue weighted by atomic mass is 35.5. The summed E-state index contributed by atoms with van der Waals surface area (Å²) in [5.74, 6) is 0. The first-order valence-corrected chi connectivity index (χ1v) is 5.22. The van der Waals surface area contributed by atoms with E-state index >= 15 is 0 Å². The van der Waals surface area contributed by atoms with Gasteiger partial charge in [-0.15, -0.1) is 0 Å². The number of anilines is 1. The van der Waals surface area contributed by atoms with E-state index in [0.29, 0.717) is 0 Å². The second-order valence-electron chi connectivity index (χ2n) is 3.72. The minimum atomic E-state index is 0.735. The van der Waals surface area contributed by atoms with Gasteiger partial charge in [0, 0.05) is 24.0 Å². The van der Waals surface area contributed by atoms with Crippen LogP contribution < -0.4 is 4.90 Å². The lowest BCUT2D eigenvalue weighted by molar-refractivity contribution is 1.16. The van der Waals surface area contributed by atoms with E-state index in [9.17, 15) is 0 Å². The first-order chi connectivity index (χ1) is 7.04. The van der Waals surface area contributed by atoms with Crippen LogP contribution >= 0.6 is 11.6 Å². The summed E-state index contributed by atoms with van der Waals surface area (Å²) in [5.41, 5.74) is 3.40. The van der Waals surface area contributed by atoms with Gasteiger partial charge >= 0.3 is 0 Å². The van der Waals surface area contributed by atoms with Crippen molar-refractivity contribution in [2.75, 3.05) is 11.9 Å². The summed E-state index contributed by atoms with van der Waals surface area (Å²) in [6.45, 7) is 7.93. The van der Waals surface area contributed by atoms with E-state index in [4.69, 9.17) is 11.6 Å². The van der Waals surface area contributed by atoms with Crippen molar-refractivity contribution in [2.24, 2.45) is 0 Å². The van der Waals surface area contributed by atoms with Crippen LogP contribution in [0, 0.1) is 0 Å². The van der Waals surface area contributed by atoms with E-state index in [-0.39, 0.29) is 0 Å². The maximum absolute atomic E-state index is 5.92. The fourth-order valence-corrected chi connectivity index (χ4v) is 1.65. The maximum atomic E-state index is 5.92. The van der Waals surface area contributed by atoms with Crippen LogP contribution in [0.25, 0.3) is 6.08 Å². The fourth-order valence-electron chi connectivity index (χ4n) is 1.47. The minimum Gasteiger partial charge on any atom is -0.351 e. The van der Waals surface area contributed by atoms with Gasteiger partial charge < -0.3 is 4.90 Å². The Morgan fingerprint density at radius 3 is 2.60 bits per heavy atom. The molecule has 0 saturated heterocycles. The Balaban J connectivity index is 3.13. The number of hydrogen-bond donors (Lipinski definition) is 0. The second-order valence-corrected chi connectivity index (χ2v) is 4.16. The average Bonchev–Trinajstić information content (AvgIpc) is 2.16. The van der Waals surface area contributed by atoms with E-state index in [0.717, 1.165) is 16.3 Å². The summed E-state index contributed by atoms with van der Waals surface area (Å²) in [7, 11) is 2.02. The molecule has 0 aliphatic carbocycles. The van der Waals surface area contributed by atoms with Gasteiger partial charge in [-0.2, -0.15) is 0 Å². The highest BCUT2D eigenvalue weighted by Crippen LogP contribution is 2.25. The Kier molecular flexibility index (Phi) is 3.98. The zero-order valence-electron chi connectivity index (χ0n) is 9.42. The highest BCUT2D eigenvalue weighted by Gasteiger charge is 2.03. The zero-order chi connectivity index (χ0) is 11.4. The van der Waals surface area contributed by atoms with Gasteiger partial charge in [-0.25, -0.2) is 0 Å². The smallest absolute Gasteiger partial charge is 0.0477 e. The van der Waals surface area contributed by atoms with Crippen LogP contribution in [0.15, 0.2) is 36.6 Å². The van der Waals surface area contributed by atoms with Gasteiger partial charge in [0.15, 0.2) is 0 Å². The molecule has 0 aromatic heterocycles. The number of hydrogen-bond acceptors (Lipinski definition) is 1.